The Bertz CT molecular complexity index is 532. The Morgan fingerprint density at radius 3 is 2.42 bits per heavy atom. The third kappa shape index (κ3) is 7.02. The lowest BCUT2D eigenvalue weighted by Gasteiger charge is -2.21. The second-order valence-electron chi connectivity index (χ2n) is 6.07. The molecule has 0 aliphatic rings. The summed E-state index contributed by atoms with van der Waals surface area (Å²) in [6, 6.07) is -0.208. The molecule has 1 heterocycles. The third-order valence-electron chi connectivity index (χ3n) is 2.81. The van der Waals surface area contributed by atoms with E-state index in [1.54, 1.807) is 45.5 Å². The smallest absolute Gasteiger partial charge is 0.407 e. The summed E-state index contributed by atoms with van der Waals surface area (Å²) in [6.45, 7) is 15.4. The summed E-state index contributed by atoms with van der Waals surface area (Å²) in [6.07, 6.45) is 1.11. The molecule has 0 saturated heterocycles. The number of nitrogens with one attached hydrogen (secondary N) is 1. The van der Waals surface area contributed by atoms with Crippen LogP contribution >= 0.6 is 0 Å². The lowest BCUT2D eigenvalue weighted by molar-refractivity contribution is 0.0507. The van der Waals surface area contributed by atoms with Crippen molar-refractivity contribution in [3.63, 3.8) is 0 Å². The molecule has 0 aliphatic carbocycles. The van der Waals surface area contributed by atoms with E-state index in [1.807, 2.05) is 20.8 Å². The summed E-state index contributed by atoms with van der Waals surface area (Å²) in [5.74, 6) is -0.415. The number of amides is 1. The van der Waals surface area contributed by atoms with Crippen molar-refractivity contribution in [3.8, 4) is 0 Å². The van der Waals surface area contributed by atoms with Crippen LogP contribution in [0.4, 0.5) is 4.79 Å². The van der Waals surface area contributed by atoms with Gasteiger partial charge in [0.25, 0.3) is 0 Å². The van der Waals surface area contributed by atoms with E-state index in [2.05, 4.69) is 10.4 Å². The van der Waals surface area contributed by atoms with Gasteiger partial charge in [-0.1, -0.05) is 13.8 Å². The minimum Gasteiger partial charge on any atom is -0.461 e. The van der Waals surface area contributed by atoms with Gasteiger partial charge in [0.2, 0.25) is 0 Å². The second kappa shape index (κ2) is 9.95. The van der Waals surface area contributed by atoms with Crippen molar-refractivity contribution in [1.82, 2.24) is 15.1 Å². The SMILES string of the molecule is CC.CCOC(=O)c1c(C)cnn1[C@@H](C)CNC(=O)OC(C)(C)C. The first-order valence-corrected chi connectivity index (χ1v) is 8.33. The van der Waals surface area contributed by atoms with Crippen molar-refractivity contribution >= 4 is 12.1 Å². The molecule has 0 radical (unpaired) electrons. The van der Waals surface area contributed by atoms with Crippen molar-refractivity contribution < 1.29 is 19.1 Å². The zero-order valence-electron chi connectivity index (χ0n) is 16.1. The lowest BCUT2D eigenvalue weighted by Crippen LogP contribution is -2.36. The Morgan fingerprint density at radius 1 is 1.33 bits per heavy atom. The molecule has 0 spiro atoms. The molecule has 0 saturated carbocycles. The van der Waals surface area contributed by atoms with Gasteiger partial charge in [0.05, 0.1) is 18.8 Å². The molecule has 1 rings (SSSR count). The van der Waals surface area contributed by atoms with Crippen LogP contribution in [0.5, 0.6) is 0 Å². The van der Waals surface area contributed by atoms with E-state index in [9.17, 15) is 9.59 Å². The zero-order valence-corrected chi connectivity index (χ0v) is 16.1. The predicted molar refractivity (Wildman–Crippen MR) is 93.2 cm³/mol. The molecule has 0 unspecified atom stereocenters. The predicted octanol–water partition coefficient (Wildman–Crippen LogP) is 3.48. The summed E-state index contributed by atoms with van der Waals surface area (Å²) < 4.78 is 11.8. The highest BCUT2D eigenvalue weighted by Crippen LogP contribution is 2.15. The van der Waals surface area contributed by atoms with Gasteiger partial charge in [0.15, 0.2) is 0 Å². The fraction of sp³-hybridized carbons (Fsp3) is 0.706. The molecule has 7 heteroatoms. The van der Waals surface area contributed by atoms with Gasteiger partial charge in [0.1, 0.15) is 11.3 Å². The average molecular weight is 341 g/mol. The van der Waals surface area contributed by atoms with Gasteiger partial charge in [-0.25, -0.2) is 9.59 Å². The fourth-order valence-electron chi connectivity index (χ4n) is 1.87. The van der Waals surface area contributed by atoms with E-state index in [4.69, 9.17) is 9.47 Å². The van der Waals surface area contributed by atoms with Gasteiger partial charge in [-0.05, 0) is 41.5 Å². The van der Waals surface area contributed by atoms with Crippen LogP contribution < -0.4 is 5.32 Å². The van der Waals surface area contributed by atoms with Crippen LogP contribution in [-0.4, -0.2) is 40.6 Å². The first-order chi connectivity index (χ1) is 11.2. The third-order valence-corrected chi connectivity index (χ3v) is 2.81. The maximum absolute atomic E-state index is 12.0. The first kappa shape index (κ1) is 21.9. The normalized spacial score (nSPS) is 11.8. The number of hydrogen-bond acceptors (Lipinski definition) is 5. The van der Waals surface area contributed by atoms with Gasteiger partial charge in [0, 0.05) is 12.1 Å². The summed E-state index contributed by atoms with van der Waals surface area (Å²) >= 11 is 0. The second-order valence-corrected chi connectivity index (χ2v) is 6.07. The van der Waals surface area contributed by atoms with Gasteiger partial charge in [-0.3, -0.25) is 4.68 Å². The Labute approximate surface area is 144 Å². The molecule has 1 aromatic rings. The fourth-order valence-corrected chi connectivity index (χ4v) is 1.87. The van der Waals surface area contributed by atoms with Gasteiger partial charge in [-0.15, -0.1) is 0 Å². The first-order valence-electron chi connectivity index (χ1n) is 8.33. The lowest BCUT2D eigenvalue weighted by atomic mass is 10.2. The Hall–Kier alpha value is -2.05. The zero-order chi connectivity index (χ0) is 18.9. The number of carbonyl (C=O) groups excluding carboxylic acids is 2. The maximum Gasteiger partial charge on any atom is 0.407 e. The Kier molecular flexibility index (Phi) is 9.10. The van der Waals surface area contributed by atoms with Crippen molar-refractivity contribution in [2.75, 3.05) is 13.2 Å². The van der Waals surface area contributed by atoms with Crippen LogP contribution in [0.1, 0.15) is 70.6 Å². The number of aryl methyl sites for hydroxylation is 1. The summed E-state index contributed by atoms with van der Waals surface area (Å²) in [5.41, 5.74) is 0.592. The molecule has 1 atom stereocenters. The monoisotopic (exact) mass is 341 g/mol. The quantitative estimate of drug-likeness (QED) is 0.829. The molecule has 1 amide bonds. The van der Waals surface area contributed by atoms with E-state index < -0.39 is 17.7 Å². The van der Waals surface area contributed by atoms with Crippen LogP contribution in [0.2, 0.25) is 0 Å². The van der Waals surface area contributed by atoms with E-state index >= 15 is 0 Å². The Morgan fingerprint density at radius 2 is 1.92 bits per heavy atom. The van der Waals surface area contributed by atoms with Crippen molar-refractivity contribution in [2.24, 2.45) is 0 Å². The molecule has 0 fully saturated rings. The number of ether oxygens (including phenoxy) is 2. The number of alkyl carbamates (subject to hydrolysis) is 1. The minimum atomic E-state index is -0.550. The molecule has 7 nitrogen and oxygen atoms in total. The molecular formula is C17H31N3O4. The summed E-state index contributed by atoms with van der Waals surface area (Å²) in [4.78, 5) is 23.6. The minimum absolute atomic E-state index is 0.208. The number of esters is 1. The maximum atomic E-state index is 12.0. The van der Waals surface area contributed by atoms with E-state index in [-0.39, 0.29) is 6.04 Å². The van der Waals surface area contributed by atoms with E-state index in [0.29, 0.717) is 18.8 Å². The number of nitrogens with zero attached hydrogens (tertiary/aromatic N) is 2. The van der Waals surface area contributed by atoms with Crippen molar-refractivity contribution in [3.05, 3.63) is 17.5 Å². The van der Waals surface area contributed by atoms with E-state index in [0.717, 1.165) is 5.56 Å². The number of carbonyl (C=O) groups is 2. The Balaban J connectivity index is 0.00000254. The van der Waals surface area contributed by atoms with Crippen molar-refractivity contribution in [2.45, 2.75) is 67.0 Å². The molecule has 0 bridgehead atoms. The molecule has 138 valence electrons. The topological polar surface area (TPSA) is 82.5 Å². The highest BCUT2D eigenvalue weighted by Gasteiger charge is 2.22. The van der Waals surface area contributed by atoms with Crippen LogP contribution in [0.15, 0.2) is 6.20 Å². The van der Waals surface area contributed by atoms with Gasteiger partial charge < -0.3 is 14.8 Å². The van der Waals surface area contributed by atoms with Gasteiger partial charge >= 0.3 is 12.1 Å². The average Bonchev–Trinajstić information content (AvgIpc) is 2.87. The highest BCUT2D eigenvalue weighted by molar-refractivity contribution is 5.89. The molecule has 0 aliphatic heterocycles. The number of aromatic nitrogens is 2. The highest BCUT2D eigenvalue weighted by atomic mass is 16.6. The summed E-state index contributed by atoms with van der Waals surface area (Å²) in [5, 5.41) is 6.87. The molecular weight excluding hydrogens is 310 g/mol. The molecule has 24 heavy (non-hydrogen) atoms. The van der Waals surface area contributed by atoms with Crippen LogP contribution in [0, 0.1) is 6.92 Å². The van der Waals surface area contributed by atoms with Crippen LogP contribution in [-0.2, 0) is 9.47 Å². The van der Waals surface area contributed by atoms with Crippen molar-refractivity contribution in [1.29, 1.82) is 0 Å². The molecule has 0 aromatic carbocycles. The largest absolute Gasteiger partial charge is 0.461 e. The van der Waals surface area contributed by atoms with Crippen LogP contribution in [0.3, 0.4) is 0 Å². The van der Waals surface area contributed by atoms with E-state index in [1.165, 1.54) is 0 Å². The van der Waals surface area contributed by atoms with Crippen LogP contribution in [0.25, 0.3) is 0 Å². The summed E-state index contributed by atoms with van der Waals surface area (Å²) in [7, 11) is 0. The standard InChI is InChI=1S/C15H25N3O4.C2H6/c1-7-21-13(19)12-10(2)8-17-18(12)11(3)9-16-14(20)22-15(4,5)6;1-2/h8,11H,7,9H2,1-6H3,(H,16,20);1-2H3/t11-;/m0./s1. The molecule has 1 aromatic heterocycles. The number of rotatable bonds is 5. The number of hydrogen-bond donors (Lipinski definition) is 1. The molecule has 1 N–H and O–H groups in total. The van der Waals surface area contributed by atoms with Gasteiger partial charge in [-0.2, -0.15) is 5.10 Å².